The highest BCUT2D eigenvalue weighted by molar-refractivity contribution is 8.14. The molecule has 0 radical (unpaired) electrons. The molecule has 2 unspecified atom stereocenters. The van der Waals surface area contributed by atoms with Crippen LogP contribution in [0.15, 0.2) is 0 Å². The number of amides is 1. The number of hydrogen-bond acceptors (Lipinski definition) is 7. The highest BCUT2D eigenvalue weighted by Crippen LogP contribution is 2.18. The van der Waals surface area contributed by atoms with Crippen molar-refractivity contribution in [2.45, 2.75) is 51.8 Å². The van der Waals surface area contributed by atoms with Crippen molar-refractivity contribution in [1.82, 2.24) is 5.32 Å². The van der Waals surface area contributed by atoms with Gasteiger partial charge in [0.15, 0.2) is 5.12 Å². The first kappa shape index (κ1) is 20.4. The largest absolute Gasteiger partial charge is 0.466 e. The molecule has 0 saturated carbocycles. The second-order valence-corrected chi connectivity index (χ2v) is 5.76. The summed E-state index contributed by atoms with van der Waals surface area (Å²) in [5.74, 6) is -1.53. The van der Waals surface area contributed by atoms with Gasteiger partial charge in [0.1, 0.15) is 12.5 Å². The SMILES string of the molecule is CCOC(=O)CC(=O)SC(C)C(NC(=O)CC)C(=O)OCC. The molecule has 0 aromatic rings. The van der Waals surface area contributed by atoms with Crippen LogP contribution in [0.4, 0.5) is 0 Å². The lowest BCUT2D eigenvalue weighted by Crippen LogP contribution is -2.47. The summed E-state index contributed by atoms with van der Waals surface area (Å²) in [4.78, 5) is 46.4. The van der Waals surface area contributed by atoms with Crippen molar-refractivity contribution in [3.63, 3.8) is 0 Å². The quantitative estimate of drug-likeness (QED) is 0.497. The van der Waals surface area contributed by atoms with Gasteiger partial charge in [-0.05, 0) is 13.8 Å². The number of hydrogen-bond donors (Lipinski definition) is 1. The molecule has 22 heavy (non-hydrogen) atoms. The van der Waals surface area contributed by atoms with Gasteiger partial charge in [-0.25, -0.2) is 4.79 Å². The van der Waals surface area contributed by atoms with Crippen LogP contribution in [0, 0.1) is 0 Å². The Hall–Kier alpha value is -1.57. The molecule has 1 N–H and O–H groups in total. The fraction of sp³-hybridized carbons (Fsp3) is 0.714. The molecule has 2 atom stereocenters. The van der Waals surface area contributed by atoms with E-state index in [1.807, 2.05) is 0 Å². The molecule has 0 fully saturated rings. The van der Waals surface area contributed by atoms with Gasteiger partial charge in [0.2, 0.25) is 5.91 Å². The summed E-state index contributed by atoms with van der Waals surface area (Å²) in [6.45, 7) is 6.94. The third kappa shape index (κ3) is 8.02. The second kappa shape index (κ2) is 11.1. The highest BCUT2D eigenvalue weighted by Gasteiger charge is 2.30. The van der Waals surface area contributed by atoms with Crippen LogP contribution in [0.3, 0.4) is 0 Å². The first-order valence-corrected chi connectivity index (χ1v) is 8.04. The van der Waals surface area contributed by atoms with Gasteiger partial charge >= 0.3 is 11.9 Å². The van der Waals surface area contributed by atoms with Crippen LogP contribution < -0.4 is 5.32 Å². The van der Waals surface area contributed by atoms with Crippen LogP contribution in [0.5, 0.6) is 0 Å². The lowest BCUT2D eigenvalue weighted by atomic mass is 10.2. The summed E-state index contributed by atoms with van der Waals surface area (Å²) in [6.07, 6.45) is -0.163. The Morgan fingerprint density at radius 2 is 1.64 bits per heavy atom. The predicted octanol–water partition coefficient (Wildman–Crippen LogP) is 1.05. The summed E-state index contributed by atoms with van der Waals surface area (Å²) in [6, 6.07) is -0.941. The zero-order valence-corrected chi connectivity index (χ0v) is 14.2. The smallest absolute Gasteiger partial charge is 0.329 e. The Balaban J connectivity index is 4.70. The second-order valence-electron chi connectivity index (χ2n) is 4.33. The zero-order chi connectivity index (χ0) is 17.1. The van der Waals surface area contributed by atoms with Gasteiger partial charge in [0.25, 0.3) is 0 Å². The molecular weight excluding hydrogens is 310 g/mol. The topological polar surface area (TPSA) is 98.8 Å². The van der Waals surface area contributed by atoms with Crippen molar-refractivity contribution in [3.05, 3.63) is 0 Å². The Bertz CT molecular complexity index is 412. The summed E-state index contributed by atoms with van der Waals surface area (Å²) in [7, 11) is 0. The number of thioether (sulfide) groups is 1. The third-order valence-corrected chi connectivity index (χ3v) is 3.61. The highest BCUT2D eigenvalue weighted by atomic mass is 32.2. The van der Waals surface area contributed by atoms with E-state index >= 15 is 0 Å². The number of carbonyl (C=O) groups excluding carboxylic acids is 4. The van der Waals surface area contributed by atoms with E-state index in [4.69, 9.17) is 4.74 Å². The maximum absolute atomic E-state index is 11.9. The van der Waals surface area contributed by atoms with Crippen LogP contribution in [-0.4, -0.2) is 47.5 Å². The van der Waals surface area contributed by atoms with Crippen molar-refractivity contribution < 1.29 is 28.7 Å². The van der Waals surface area contributed by atoms with Gasteiger partial charge in [0, 0.05) is 11.7 Å². The standard InChI is InChI=1S/C14H23NO6S/c1-5-10(16)15-13(14(19)21-7-3)9(4)22-12(18)8-11(17)20-6-2/h9,13H,5-8H2,1-4H3,(H,15,16). The molecule has 0 aliphatic carbocycles. The van der Waals surface area contributed by atoms with Gasteiger partial charge in [-0.2, -0.15) is 0 Å². The Morgan fingerprint density at radius 3 is 2.14 bits per heavy atom. The van der Waals surface area contributed by atoms with E-state index in [1.54, 1.807) is 27.7 Å². The van der Waals surface area contributed by atoms with Crippen molar-refractivity contribution in [2.75, 3.05) is 13.2 Å². The van der Waals surface area contributed by atoms with Gasteiger partial charge < -0.3 is 14.8 Å². The molecule has 0 aliphatic heterocycles. The van der Waals surface area contributed by atoms with Crippen LogP contribution in [0.25, 0.3) is 0 Å². The minimum absolute atomic E-state index is 0.172. The van der Waals surface area contributed by atoms with Gasteiger partial charge in [-0.15, -0.1) is 0 Å². The molecule has 0 aliphatic rings. The van der Waals surface area contributed by atoms with Crippen LogP contribution in [0.2, 0.25) is 0 Å². The third-order valence-electron chi connectivity index (χ3n) is 2.56. The average Bonchev–Trinajstić information content (AvgIpc) is 2.44. The minimum atomic E-state index is -0.941. The van der Waals surface area contributed by atoms with Crippen LogP contribution in [0.1, 0.15) is 40.5 Å². The summed E-state index contributed by atoms with van der Waals surface area (Å²) < 4.78 is 9.59. The molecule has 7 nitrogen and oxygen atoms in total. The normalized spacial score (nSPS) is 12.9. The number of carbonyl (C=O) groups is 4. The summed E-state index contributed by atoms with van der Waals surface area (Å²) in [5.41, 5.74) is 0. The van der Waals surface area contributed by atoms with E-state index in [9.17, 15) is 19.2 Å². The maximum atomic E-state index is 11.9. The molecule has 8 heteroatoms. The van der Waals surface area contributed by atoms with E-state index < -0.39 is 28.3 Å². The van der Waals surface area contributed by atoms with Crippen LogP contribution >= 0.6 is 11.8 Å². The van der Waals surface area contributed by atoms with Crippen molar-refractivity contribution in [1.29, 1.82) is 0 Å². The van der Waals surface area contributed by atoms with Gasteiger partial charge in [-0.3, -0.25) is 14.4 Å². The number of nitrogens with one attached hydrogen (secondary N) is 1. The summed E-state index contributed by atoms with van der Waals surface area (Å²) in [5, 5.41) is 1.55. The summed E-state index contributed by atoms with van der Waals surface area (Å²) >= 11 is 0.813. The van der Waals surface area contributed by atoms with E-state index in [-0.39, 0.29) is 32.0 Å². The number of ether oxygens (including phenoxy) is 2. The first-order chi connectivity index (χ1) is 10.3. The molecule has 0 spiro atoms. The molecule has 0 bridgehead atoms. The molecule has 0 heterocycles. The van der Waals surface area contributed by atoms with Crippen molar-refractivity contribution in [3.8, 4) is 0 Å². The average molecular weight is 333 g/mol. The number of rotatable bonds is 9. The molecule has 0 rings (SSSR count). The van der Waals surface area contributed by atoms with E-state index in [0.717, 1.165) is 11.8 Å². The van der Waals surface area contributed by atoms with E-state index in [2.05, 4.69) is 10.1 Å². The number of esters is 2. The first-order valence-electron chi connectivity index (χ1n) is 7.16. The zero-order valence-electron chi connectivity index (χ0n) is 13.3. The Labute approximate surface area is 134 Å². The lowest BCUT2D eigenvalue weighted by molar-refractivity contribution is -0.147. The lowest BCUT2D eigenvalue weighted by Gasteiger charge is -2.22. The van der Waals surface area contributed by atoms with Crippen LogP contribution in [-0.2, 0) is 28.7 Å². The van der Waals surface area contributed by atoms with Gasteiger partial charge in [0.05, 0.1) is 13.2 Å². The van der Waals surface area contributed by atoms with E-state index in [0.29, 0.717) is 0 Å². The molecule has 1 amide bonds. The predicted molar refractivity (Wildman–Crippen MR) is 82.2 cm³/mol. The van der Waals surface area contributed by atoms with Gasteiger partial charge in [-0.1, -0.05) is 25.6 Å². The van der Waals surface area contributed by atoms with Crippen molar-refractivity contribution >= 4 is 34.7 Å². The maximum Gasteiger partial charge on any atom is 0.329 e. The Kier molecular flexibility index (Phi) is 10.3. The molecule has 126 valence electrons. The molecule has 0 saturated heterocycles. The van der Waals surface area contributed by atoms with E-state index in [1.165, 1.54) is 0 Å². The fourth-order valence-electron chi connectivity index (χ4n) is 1.52. The fourth-order valence-corrected chi connectivity index (χ4v) is 2.45. The molecule has 0 aromatic heterocycles. The molecular formula is C14H23NO6S. The van der Waals surface area contributed by atoms with Crippen molar-refractivity contribution in [2.24, 2.45) is 0 Å². The monoisotopic (exact) mass is 333 g/mol. The molecule has 0 aromatic carbocycles. The Morgan fingerprint density at radius 1 is 1.05 bits per heavy atom. The minimum Gasteiger partial charge on any atom is -0.466 e.